The number of halogens is 1. The Bertz CT molecular complexity index is 1370. The zero-order chi connectivity index (χ0) is 26.7. The summed E-state index contributed by atoms with van der Waals surface area (Å²) in [5.74, 6) is -0.497. The molecule has 0 aliphatic carbocycles. The predicted molar refractivity (Wildman–Crippen MR) is 149 cm³/mol. The molecule has 0 unspecified atom stereocenters. The van der Waals surface area contributed by atoms with Crippen molar-refractivity contribution < 1.29 is 14.0 Å². The van der Waals surface area contributed by atoms with Crippen molar-refractivity contribution >= 4 is 23.7 Å². The van der Waals surface area contributed by atoms with Gasteiger partial charge in [-0.3, -0.25) is 9.59 Å². The first kappa shape index (κ1) is 26.5. The smallest absolute Gasteiger partial charge is 0.247 e. The van der Waals surface area contributed by atoms with Crippen LogP contribution in [0, 0.1) is 5.82 Å². The molecule has 7 heteroatoms. The summed E-state index contributed by atoms with van der Waals surface area (Å²) in [7, 11) is 0. The molecule has 3 aromatic carbocycles. The Hall–Kier alpha value is -4.52. The van der Waals surface area contributed by atoms with E-state index in [4.69, 9.17) is 0 Å². The van der Waals surface area contributed by atoms with Gasteiger partial charge in [-0.15, -0.1) is 0 Å². The number of nitrogens with zero attached hydrogens (tertiary/aromatic N) is 3. The van der Waals surface area contributed by atoms with Crippen molar-refractivity contribution in [1.29, 1.82) is 0 Å². The minimum atomic E-state index is -0.362. The van der Waals surface area contributed by atoms with E-state index >= 15 is 0 Å². The highest BCUT2D eigenvalue weighted by Gasteiger charge is 2.18. The third-order valence-electron chi connectivity index (χ3n) is 6.01. The molecule has 0 bridgehead atoms. The van der Waals surface area contributed by atoms with Crippen LogP contribution in [0.5, 0.6) is 0 Å². The van der Waals surface area contributed by atoms with Gasteiger partial charge >= 0.3 is 0 Å². The van der Waals surface area contributed by atoms with Crippen LogP contribution >= 0.6 is 0 Å². The van der Waals surface area contributed by atoms with E-state index < -0.39 is 0 Å². The molecule has 4 rings (SSSR count). The van der Waals surface area contributed by atoms with Crippen LogP contribution in [-0.4, -0.2) is 39.6 Å². The first-order valence-electron chi connectivity index (χ1n) is 12.8. The molecule has 0 radical (unpaired) electrons. The van der Waals surface area contributed by atoms with Crippen molar-refractivity contribution in [2.75, 3.05) is 18.4 Å². The molecule has 1 heterocycles. The summed E-state index contributed by atoms with van der Waals surface area (Å²) in [5.41, 5.74) is 3.05. The largest absolute Gasteiger partial charge is 0.330 e. The monoisotopic (exact) mass is 510 g/mol. The molecular formula is C31H31FN4O2. The maximum atomic E-state index is 13.6. The van der Waals surface area contributed by atoms with Gasteiger partial charge in [-0.1, -0.05) is 80.4 Å². The Morgan fingerprint density at radius 1 is 0.947 bits per heavy atom. The lowest BCUT2D eigenvalue weighted by Gasteiger charge is -2.21. The number of unbranched alkanes of at least 4 members (excludes halogenated alkanes) is 2. The minimum absolute atomic E-state index is 0.100. The van der Waals surface area contributed by atoms with E-state index in [9.17, 15) is 14.0 Å². The molecular weight excluding hydrogens is 479 g/mol. The Kier molecular flexibility index (Phi) is 9.18. The number of hydrogen-bond donors (Lipinski definition) is 1. The fraction of sp³-hybridized carbons (Fsp3) is 0.194. The highest BCUT2D eigenvalue weighted by Crippen LogP contribution is 2.25. The maximum absolute atomic E-state index is 13.6. The first-order valence-corrected chi connectivity index (χ1v) is 12.8. The molecule has 0 saturated carbocycles. The van der Waals surface area contributed by atoms with Crippen LogP contribution in [0.15, 0.2) is 97.1 Å². The van der Waals surface area contributed by atoms with Gasteiger partial charge in [0.15, 0.2) is 0 Å². The van der Waals surface area contributed by atoms with Crippen LogP contribution in [0.1, 0.15) is 31.7 Å². The van der Waals surface area contributed by atoms with E-state index in [0.717, 1.165) is 30.4 Å². The number of benzene rings is 3. The molecule has 0 aliphatic rings. The number of carbonyl (C=O) groups is 2. The third-order valence-corrected chi connectivity index (χ3v) is 6.01. The lowest BCUT2D eigenvalue weighted by atomic mass is 10.1. The van der Waals surface area contributed by atoms with Gasteiger partial charge in [0.1, 0.15) is 18.2 Å². The first-order chi connectivity index (χ1) is 18.5. The van der Waals surface area contributed by atoms with Crippen LogP contribution < -0.4 is 5.32 Å². The normalized spacial score (nSPS) is 11.0. The average molecular weight is 511 g/mol. The van der Waals surface area contributed by atoms with Crippen molar-refractivity contribution in [3.63, 3.8) is 0 Å². The molecule has 0 atom stereocenters. The number of anilines is 1. The molecule has 194 valence electrons. The van der Waals surface area contributed by atoms with Gasteiger partial charge in [0.05, 0.1) is 11.4 Å². The molecule has 4 aromatic rings. The van der Waals surface area contributed by atoms with E-state index in [0.29, 0.717) is 23.7 Å². The van der Waals surface area contributed by atoms with Gasteiger partial charge in [0, 0.05) is 24.3 Å². The van der Waals surface area contributed by atoms with Crippen LogP contribution in [-0.2, 0) is 9.59 Å². The van der Waals surface area contributed by atoms with Crippen molar-refractivity contribution in [2.24, 2.45) is 0 Å². The van der Waals surface area contributed by atoms with Crippen LogP contribution in [0.4, 0.5) is 10.2 Å². The molecule has 38 heavy (non-hydrogen) atoms. The Balaban J connectivity index is 1.54. The second-order valence-corrected chi connectivity index (χ2v) is 8.93. The summed E-state index contributed by atoms with van der Waals surface area (Å²) in [5, 5.41) is 7.57. The third kappa shape index (κ3) is 7.26. The van der Waals surface area contributed by atoms with Crippen molar-refractivity contribution in [3.8, 4) is 16.9 Å². The number of hydrogen-bond acceptors (Lipinski definition) is 3. The van der Waals surface area contributed by atoms with E-state index in [-0.39, 0.29) is 24.2 Å². The van der Waals surface area contributed by atoms with Crippen LogP contribution in [0.3, 0.4) is 0 Å². The predicted octanol–water partition coefficient (Wildman–Crippen LogP) is 6.35. The zero-order valence-corrected chi connectivity index (χ0v) is 21.4. The van der Waals surface area contributed by atoms with Gasteiger partial charge in [-0.2, -0.15) is 5.10 Å². The molecule has 1 N–H and O–H groups in total. The van der Waals surface area contributed by atoms with Crippen LogP contribution in [0.25, 0.3) is 23.0 Å². The molecule has 2 amide bonds. The summed E-state index contributed by atoms with van der Waals surface area (Å²) < 4.78 is 15.1. The molecule has 1 aromatic heterocycles. The van der Waals surface area contributed by atoms with Crippen molar-refractivity contribution in [3.05, 3.63) is 108 Å². The fourth-order valence-electron chi connectivity index (χ4n) is 4.01. The summed E-state index contributed by atoms with van der Waals surface area (Å²) in [6.45, 7) is 2.47. The van der Waals surface area contributed by atoms with E-state index in [1.54, 1.807) is 33.9 Å². The number of rotatable bonds is 11. The highest BCUT2D eigenvalue weighted by atomic mass is 19.1. The molecule has 0 fully saturated rings. The topological polar surface area (TPSA) is 67.2 Å². The van der Waals surface area contributed by atoms with Crippen molar-refractivity contribution in [2.45, 2.75) is 26.2 Å². The van der Waals surface area contributed by atoms with Crippen LogP contribution in [0.2, 0.25) is 0 Å². The van der Waals surface area contributed by atoms with Gasteiger partial charge in [0.2, 0.25) is 11.8 Å². The van der Waals surface area contributed by atoms with Gasteiger partial charge in [0.25, 0.3) is 0 Å². The van der Waals surface area contributed by atoms with Gasteiger partial charge < -0.3 is 10.2 Å². The van der Waals surface area contributed by atoms with E-state index in [1.165, 1.54) is 18.2 Å². The van der Waals surface area contributed by atoms with Gasteiger partial charge in [-0.25, -0.2) is 9.07 Å². The highest BCUT2D eigenvalue weighted by molar-refractivity contribution is 5.98. The van der Waals surface area contributed by atoms with Crippen molar-refractivity contribution in [1.82, 2.24) is 14.7 Å². The Labute approximate surface area is 222 Å². The maximum Gasteiger partial charge on any atom is 0.247 e. The fourth-order valence-corrected chi connectivity index (χ4v) is 4.01. The molecule has 0 saturated heterocycles. The van der Waals surface area contributed by atoms with E-state index in [1.807, 2.05) is 60.7 Å². The summed E-state index contributed by atoms with van der Waals surface area (Å²) >= 11 is 0. The standard InChI is InChI=1S/C31H31FN4O2/c1-2-3-10-21-35(31(38)20-15-24-11-6-4-7-12-24)23-30(37)33-29-22-28(25-13-8-5-9-14-25)34-36(29)27-18-16-26(32)17-19-27/h4-9,11-20,22H,2-3,10,21,23H2,1H3,(H,33,37)/b20-15+. The average Bonchev–Trinajstić information content (AvgIpc) is 3.36. The molecule has 0 spiro atoms. The Morgan fingerprint density at radius 2 is 1.63 bits per heavy atom. The molecule has 6 nitrogen and oxygen atoms in total. The number of amides is 2. The lowest BCUT2D eigenvalue weighted by Crippen LogP contribution is -2.38. The summed E-state index contributed by atoms with van der Waals surface area (Å²) in [6.07, 6.45) is 6.03. The SMILES string of the molecule is CCCCCN(CC(=O)Nc1cc(-c2ccccc2)nn1-c1ccc(F)cc1)C(=O)/C=C/c1ccccc1. The zero-order valence-electron chi connectivity index (χ0n) is 21.4. The van der Waals surface area contributed by atoms with Gasteiger partial charge in [-0.05, 0) is 42.3 Å². The number of nitrogens with one attached hydrogen (secondary N) is 1. The molecule has 0 aliphatic heterocycles. The minimum Gasteiger partial charge on any atom is -0.330 e. The number of aromatic nitrogens is 2. The Morgan fingerprint density at radius 3 is 2.32 bits per heavy atom. The summed E-state index contributed by atoms with van der Waals surface area (Å²) in [4.78, 5) is 27.8. The van der Waals surface area contributed by atoms with E-state index in [2.05, 4.69) is 17.3 Å². The second kappa shape index (κ2) is 13.1. The second-order valence-electron chi connectivity index (χ2n) is 8.93. The number of carbonyl (C=O) groups excluding carboxylic acids is 2. The quantitative estimate of drug-likeness (QED) is 0.189. The summed E-state index contributed by atoms with van der Waals surface area (Å²) in [6, 6.07) is 26.8. The lowest BCUT2D eigenvalue weighted by molar-refractivity contribution is -0.130.